The highest BCUT2D eigenvalue weighted by molar-refractivity contribution is 5.35. The van der Waals surface area contributed by atoms with Gasteiger partial charge in [-0.05, 0) is 24.7 Å². The van der Waals surface area contributed by atoms with Crippen LogP contribution in [-0.2, 0) is 6.54 Å². The molecule has 1 aromatic rings. The van der Waals surface area contributed by atoms with Crippen LogP contribution in [0.3, 0.4) is 0 Å². The highest BCUT2D eigenvalue weighted by atomic mass is 15.4. The second kappa shape index (κ2) is 3.01. The van der Waals surface area contributed by atoms with E-state index in [2.05, 4.69) is 24.2 Å². The molecule has 4 heteroatoms. The zero-order valence-corrected chi connectivity index (χ0v) is 8.20. The number of hydrogen-bond donors (Lipinski definition) is 1. The molecule has 1 heterocycles. The Morgan fingerprint density at radius 1 is 1.54 bits per heavy atom. The van der Waals surface area contributed by atoms with E-state index in [1.54, 1.807) is 0 Å². The maximum atomic E-state index is 5.74. The molecule has 1 saturated carbocycles. The summed E-state index contributed by atoms with van der Waals surface area (Å²) in [5, 5.41) is 7.97. The van der Waals surface area contributed by atoms with Crippen molar-refractivity contribution in [2.45, 2.75) is 39.2 Å². The average Bonchev–Trinajstić information content (AvgIpc) is 2.76. The van der Waals surface area contributed by atoms with Crippen LogP contribution in [0.25, 0.3) is 0 Å². The third-order valence-electron chi connectivity index (χ3n) is 2.48. The smallest absolute Gasteiger partial charge is 0.169 e. The third kappa shape index (κ3) is 1.66. The van der Waals surface area contributed by atoms with Crippen molar-refractivity contribution in [1.29, 1.82) is 0 Å². The third-order valence-corrected chi connectivity index (χ3v) is 2.48. The molecule has 0 amide bonds. The molecule has 0 spiro atoms. The van der Waals surface area contributed by atoms with E-state index in [-0.39, 0.29) is 0 Å². The lowest BCUT2D eigenvalue weighted by Crippen LogP contribution is -2.08. The quantitative estimate of drug-likeness (QED) is 0.764. The molecule has 0 aliphatic heterocycles. The minimum atomic E-state index is 0.411. The number of aromatic nitrogens is 3. The van der Waals surface area contributed by atoms with Gasteiger partial charge < -0.3 is 5.73 Å². The molecule has 0 aromatic carbocycles. The Morgan fingerprint density at radius 3 is 2.77 bits per heavy atom. The van der Waals surface area contributed by atoms with E-state index in [1.807, 2.05) is 4.68 Å². The molecule has 1 fully saturated rings. The van der Waals surface area contributed by atoms with Gasteiger partial charge in [-0.1, -0.05) is 19.1 Å². The van der Waals surface area contributed by atoms with Crippen LogP contribution >= 0.6 is 0 Å². The Morgan fingerprint density at radius 2 is 2.23 bits per heavy atom. The van der Waals surface area contributed by atoms with Crippen molar-refractivity contribution >= 4 is 5.82 Å². The van der Waals surface area contributed by atoms with E-state index in [0.29, 0.717) is 11.7 Å². The van der Waals surface area contributed by atoms with Crippen LogP contribution in [0, 0.1) is 5.92 Å². The molecule has 0 unspecified atom stereocenters. The Balaban J connectivity index is 2.22. The minimum absolute atomic E-state index is 0.411. The molecular formula is C9H16N4. The van der Waals surface area contributed by atoms with Gasteiger partial charge in [-0.25, -0.2) is 4.68 Å². The first kappa shape index (κ1) is 8.53. The Hall–Kier alpha value is -1.06. The lowest BCUT2D eigenvalue weighted by Gasteiger charge is -2.08. The van der Waals surface area contributed by atoms with Gasteiger partial charge in [0.1, 0.15) is 0 Å². The molecule has 1 aliphatic carbocycles. The zero-order valence-electron chi connectivity index (χ0n) is 8.20. The van der Waals surface area contributed by atoms with Gasteiger partial charge in [-0.3, -0.25) is 0 Å². The number of nitrogen functional groups attached to an aromatic ring is 1. The lowest BCUT2D eigenvalue weighted by atomic mass is 10.1. The minimum Gasteiger partial charge on any atom is -0.381 e. The number of rotatable bonds is 3. The fourth-order valence-electron chi connectivity index (χ4n) is 1.61. The second-order valence-electron chi connectivity index (χ2n) is 4.14. The van der Waals surface area contributed by atoms with Gasteiger partial charge in [0.05, 0.1) is 5.69 Å². The van der Waals surface area contributed by atoms with Crippen molar-refractivity contribution in [3.63, 3.8) is 0 Å². The summed E-state index contributed by atoms with van der Waals surface area (Å²) in [6.07, 6.45) is 2.66. The molecule has 13 heavy (non-hydrogen) atoms. The van der Waals surface area contributed by atoms with E-state index in [0.717, 1.165) is 18.2 Å². The monoisotopic (exact) mass is 180 g/mol. The van der Waals surface area contributed by atoms with E-state index < -0.39 is 0 Å². The molecule has 1 aromatic heterocycles. The summed E-state index contributed by atoms with van der Waals surface area (Å²) >= 11 is 0. The first-order valence-corrected chi connectivity index (χ1v) is 4.87. The summed E-state index contributed by atoms with van der Waals surface area (Å²) in [6, 6.07) is 0. The Labute approximate surface area is 78.1 Å². The van der Waals surface area contributed by atoms with Gasteiger partial charge in [-0.2, -0.15) is 0 Å². The molecule has 4 nitrogen and oxygen atoms in total. The summed E-state index contributed by atoms with van der Waals surface area (Å²) in [4.78, 5) is 0. The van der Waals surface area contributed by atoms with Crippen molar-refractivity contribution in [2.75, 3.05) is 5.73 Å². The van der Waals surface area contributed by atoms with Gasteiger partial charge in [0, 0.05) is 6.54 Å². The maximum Gasteiger partial charge on any atom is 0.169 e. The molecule has 0 atom stereocenters. The van der Waals surface area contributed by atoms with Crippen molar-refractivity contribution in [3.05, 3.63) is 5.69 Å². The number of anilines is 1. The van der Waals surface area contributed by atoms with Crippen molar-refractivity contribution in [1.82, 2.24) is 15.0 Å². The molecule has 72 valence electrons. The zero-order chi connectivity index (χ0) is 9.42. The molecule has 0 bridgehead atoms. The molecular weight excluding hydrogens is 164 g/mol. The molecule has 0 radical (unpaired) electrons. The van der Waals surface area contributed by atoms with E-state index >= 15 is 0 Å². The molecule has 2 rings (SSSR count). The molecule has 1 aliphatic rings. The summed E-state index contributed by atoms with van der Waals surface area (Å²) in [6.45, 7) is 5.24. The predicted octanol–water partition coefficient (Wildman–Crippen LogP) is 1.39. The summed E-state index contributed by atoms with van der Waals surface area (Å²) in [5.74, 6) is 1.82. The van der Waals surface area contributed by atoms with Crippen molar-refractivity contribution in [2.24, 2.45) is 5.92 Å². The summed E-state index contributed by atoms with van der Waals surface area (Å²) in [7, 11) is 0. The SMILES string of the molecule is CC(C)c1c(N)nnn1CC1CC1. The topological polar surface area (TPSA) is 56.7 Å². The predicted molar refractivity (Wildman–Crippen MR) is 51.2 cm³/mol. The normalized spacial score (nSPS) is 16.8. The second-order valence-corrected chi connectivity index (χ2v) is 4.14. The van der Waals surface area contributed by atoms with Crippen LogP contribution < -0.4 is 5.73 Å². The molecule has 0 saturated heterocycles. The van der Waals surface area contributed by atoms with Gasteiger partial charge >= 0.3 is 0 Å². The highest BCUT2D eigenvalue weighted by Crippen LogP contribution is 2.32. The summed E-state index contributed by atoms with van der Waals surface area (Å²) in [5.41, 5.74) is 6.83. The fraction of sp³-hybridized carbons (Fsp3) is 0.778. The number of hydrogen-bond acceptors (Lipinski definition) is 3. The Kier molecular flexibility index (Phi) is 1.98. The maximum absolute atomic E-state index is 5.74. The average molecular weight is 180 g/mol. The van der Waals surface area contributed by atoms with Crippen LogP contribution in [0.2, 0.25) is 0 Å². The van der Waals surface area contributed by atoms with Crippen molar-refractivity contribution in [3.8, 4) is 0 Å². The van der Waals surface area contributed by atoms with Crippen LogP contribution in [-0.4, -0.2) is 15.0 Å². The lowest BCUT2D eigenvalue weighted by molar-refractivity contribution is 0.513. The number of nitrogens with zero attached hydrogens (tertiary/aromatic N) is 3. The summed E-state index contributed by atoms with van der Waals surface area (Å²) < 4.78 is 1.97. The van der Waals surface area contributed by atoms with Gasteiger partial charge in [0.15, 0.2) is 5.82 Å². The van der Waals surface area contributed by atoms with Crippen LogP contribution in [0.1, 0.15) is 38.3 Å². The van der Waals surface area contributed by atoms with Crippen LogP contribution in [0.15, 0.2) is 0 Å². The van der Waals surface area contributed by atoms with Crippen molar-refractivity contribution < 1.29 is 0 Å². The first-order chi connectivity index (χ1) is 6.18. The van der Waals surface area contributed by atoms with E-state index in [4.69, 9.17) is 5.73 Å². The largest absolute Gasteiger partial charge is 0.381 e. The first-order valence-electron chi connectivity index (χ1n) is 4.87. The van der Waals surface area contributed by atoms with E-state index in [1.165, 1.54) is 12.8 Å². The Bertz CT molecular complexity index is 299. The van der Waals surface area contributed by atoms with E-state index in [9.17, 15) is 0 Å². The van der Waals surface area contributed by atoms with Gasteiger partial charge in [0.25, 0.3) is 0 Å². The van der Waals surface area contributed by atoms with Gasteiger partial charge in [0.2, 0.25) is 0 Å². The molecule has 2 N–H and O–H groups in total. The standard InChI is InChI=1S/C9H16N4/c1-6(2)8-9(10)11-12-13(8)5-7-3-4-7/h6-7H,3-5,10H2,1-2H3. The number of nitrogens with two attached hydrogens (primary N) is 1. The van der Waals surface area contributed by atoms with Gasteiger partial charge in [-0.15, -0.1) is 5.10 Å². The highest BCUT2D eigenvalue weighted by Gasteiger charge is 2.24. The van der Waals surface area contributed by atoms with Crippen LogP contribution in [0.5, 0.6) is 0 Å². The van der Waals surface area contributed by atoms with Crippen LogP contribution in [0.4, 0.5) is 5.82 Å². The fourth-order valence-corrected chi connectivity index (χ4v) is 1.61.